The second-order valence-electron chi connectivity index (χ2n) is 3.66. The third-order valence-electron chi connectivity index (χ3n) is 2.89. The van der Waals surface area contributed by atoms with Crippen molar-refractivity contribution in [2.45, 2.75) is 19.3 Å². The van der Waals surface area contributed by atoms with Crippen LogP contribution in [0.4, 0.5) is 8.78 Å². The molecule has 2 unspecified atom stereocenters. The maximum atomic E-state index is 12.3. The molecule has 13 heavy (non-hydrogen) atoms. The van der Waals surface area contributed by atoms with Gasteiger partial charge in [-0.3, -0.25) is 5.41 Å². The van der Waals surface area contributed by atoms with E-state index >= 15 is 0 Å². The van der Waals surface area contributed by atoms with Crippen LogP contribution < -0.4 is 5.32 Å². The average molecular weight is 186 g/mol. The van der Waals surface area contributed by atoms with E-state index in [9.17, 15) is 8.78 Å². The van der Waals surface area contributed by atoms with Crippen LogP contribution >= 0.6 is 0 Å². The van der Waals surface area contributed by atoms with Crippen molar-refractivity contribution >= 4 is 5.71 Å². The second kappa shape index (κ2) is 2.79. The molecule has 2 nitrogen and oxygen atoms in total. The topological polar surface area (TPSA) is 35.9 Å². The largest absolute Gasteiger partial charge is 0.391 e. The highest BCUT2D eigenvalue weighted by molar-refractivity contribution is 6.02. The molecule has 0 heterocycles. The van der Waals surface area contributed by atoms with Gasteiger partial charge < -0.3 is 5.32 Å². The van der Waals surface area contributed by atoms with E-state index in [1.54, 1.807) is 7.05 Å². The predicted molar refractivity (Wildman–Crippen MR) is 46.0 cm³/mol. The summed E-state index contributed by atoms with van der Waals surface area (Å²) < 4.78 is 24.6. The van der Waals surface area contributed by atoms with Crippen LogP contribution in [0.2, 0.25) is 0 Å². The quantitative estimate of drug-likeness (QED) is 0.647. The number of hydrogen-bond donors (Lipinski definition) is 2. The van der Waals surface area contributed by atoms with Crippen LogP contribution in [0.25, 0.3) is 0 Å². The fraction of sp³-hybridized carbons (Fsp3) is 0.667. The number of halogens is 2. The summed E-state index contributed by atoms with van der Waals surface area (Å²) in [5.41, 5.74) is 0.961. The lowest BCUT2D eigenvalue weighted by molar-refractivity contribution is 0.224. The maximum absolute atomic E-state index is 12.3. The molecule has 0 aliphatic heterocycles. The highest BCUT2D eigenvalue weighted by atomic mass is 19.3. The van der Waals surface area contributed by atoms with Crippen LogP contribution in [0.3, 0.4) is 0 Å². The first-order valence-electron chi connectivity index (χ1n) is 4.43. The molecule has 2 N–H and O–H groups in total. The zero-order chi connectivity index (χ0) is 9.59. The van der Waals surface area contributed by atoms with Crippen LogP contribution in [-0.2, 0) is 0 Å². The zero-order valence-electron chi connectivity index (χ0n) is 7.40. The summed E-state index contributed by atoms with van der Waals surface area (Å²) in [4.78, 5) is 0. The number of rotatable bonds is 3. The Kier molecular flexibility index (Phi) is 1.86. The summed E-state index contributed by atoms with van der Waals surface area (Å²) in [6.45, 7) is 0. The van der Waals surface area contributed by atoms with Gasteiger partial charge >= 0.3 is 0 Å². The van der Waals surface area contributed by atoms with Gasteiger partial charge in [-0.05, 0) is 24.7 Å². The van der Waals surface area contributed by atoms with Crippen LogP contribution in [0.5, 0.6) is 0 Å². The van der Waals surface area contributed by atoms with E-state index in [0.717, 1.165) is 18.5 Å². The van der Waals surface area contributed by atoms with Crippen molar-refractivity contribution in [3.8, 4) is 0 Å². The molecule has 0 saturated heterocycles. The Bertz CT molecular complexity index is 283. The van der Waals surface area contributed by atoms with Crippen molar-refractivity contribution in [2.75, 3.05) is 7.05 Å². The summed E-state index contributed by atoms with van der Waals surface area (Å²) in [7, 11) is 1.73. The Morgan fingerprint density at radius 3 is 2.85 bits per heavy atom. The van der Waals surface area contributed by atoms with Gasteiger partial charge in [-0.2, -0.15) is 0 Å². The molecule has 0 spiro atoms. The minimum atomic E-state index is -2.63. The van der Waals surface area contributed by atoms with Gasteiger partial charge in [0.2, 0.25) is 0 Å². The summed E-state index contributed by atoms with van der Waals surface area (Å²) in [6, 6.07) is 0. The molecular weight excluding hydrogens is 174 g/mol. The molecule has 2 rings (SSSR count). The molecule has 4 heteroatoms. The van der Waals surface area contributed by atoms with Crippen LogP contribution in [-0.4, -0.2) is 19.2 Å². The van der Waals surface area contributed by atoms with Gasteiger partial charge in [-0.25, -0.2) is 8.78 Å². The van der Waals surface area contributed by atoms with E-state index in [1.165, 1.54) is 0 Å². The number of nitrogens with one attached hydrogen (secondary N) is 2. The van der Waals surface area contributed by atoms with Crippen LogP contribution in [0.1, 0.15) is 12.8 Å². The Labute approximate surface area is 75.5 Å². The third kappa shape index (κ3) is 1.24. The van der Waals surface area contributed by atoms with Crippen LogP contribution in [0, 0.1) is 17.2 Å². The smallest absolute Gasteiger partial charge is 0.280 e. The number of hydrogen-bond acceptors (Lipinski definition) is 2. The third-order valence-corrected chi connectivity index (χ3v) is 2.89. The van der Waals surface area contributed by atoms with Gasteiger partial charge in [0.1, 0.15) is 5.71 Å². The number of fused-ring (bicyclic) bond motifs is 1. The summed E-state index contributed by atoms with van der Waals surface area (Å²) in [5, 5.41) is 10.2. The Morgan fingerprint density at radius 2 is 2.31 bits per heavy atom. The van der Waals surface area contributed by atoms with Crippen molar-refractivity contribution in [1.29, 1.82) is 5.41 Å². The molecule has 2 aliphatic rings. The van der Waals surface area contributed by atoms with E-state index in [0.29, 0.717) is 11.5 Å². The first-order chi connectivity index (χ1) is 6.15. The zero-order valence-corrected chi connectivity index (χ0v) is 7.40. The van der Waals surface area contributed by atoms with Crippen molar-refractivity contribution in [3.05, 3.63) is 11.3 Å². The van der Waals surface area contributed by atoms with E-state index in [1.807, 2.05) is 0 Å². The molecule has 72 valence electrons. The molecule has 0 aromatic carbocycles. The van der Waals surface area contributed by atoms with Gasteiger partial charge in [0, 0.05) is 18.3 Å². The highest BCUT2D eigenvalue weighted by Crippen LogP contribution is 2.54. The van der Waals surface area contributed by atoms with E-state index < -0.39 is 12.1 Å². The Hall–Kier alpha value is -0.930. The molecule has 0 radical (unpaired) electrons. The summed E-state index contributed by atoms with van der Waals surface area (Å²) in [5.74, 6) is 0.792. The average Bonchev–Trinajstić information content (AvgIpc) is 2.76. The predicted octanol–water partition coefficient (Wildman–Crippen LogP) is 1.78. The molecule has 2 atom stereocenters. The Morgan fingerprint density at radius 1 is 1.62 bits per heavy atom. The molecule has 0 amide bonds. The number of alkyl halides is 2. The standard InChI is InChI=1S/C9H12F2N2/c1-13-6-3-4-2-5(4)7(6)8(12)9(10)11/h4-5,9,12-13H,2-3H2,1H3. The lowest BCUT2D eigenvalue weighted by Crippen LogP contribution is -2.18. The fourth-order valence-corrected chi connectivity index (χ4v) is 2.14. The molecule has 0 aromatic rings. The van der Waals surface area contributed by atoms with Crippen molar-refractivity contribution in [1.82, 2.24) is 5.32 Å². The molecular formula is C9H12F2N2. The molecule has 1 fully saturated rings. The van der Waals surface area contributed by atoms with Gasteiger partial charge in [0.15, 0.2) is 0 Å². The van der Waals surface area contributed by atoms with Crippen molar-refractivity contribution in [2.24, 2.45) is 11.8 Å². The summed E-state index contributed by atoms with van der Waals surface area (Å²) >= 11 is 0. The number of allylic oxidation sites excluding steroid dienone is 2. The Balaban J connectivity index is 2.23. The minimum Gasteiger partial charge on any atom is -0.391 e. The fourth-order valence-electron chi connectivity index (χ4n) is 2.14. The first-order valence-corrected chi connectivity index (χ1v) is 4.43. The molecule has 0 aromatic heterocycles. The van der Waals surface area contributed by atoms with Crippen molar-refractivity contribution in [3.63, 3.8) is 0 Å². The molecule has 0 bridgehead atoms. The van der Waals surface area contributed by atoms with E-state index in [2.05, 4.69) is 5.32 Å². The monoisotopic (exact) mass is 186 g/mol. The first kappa shape index (κ1) is 8.66. The van der Waals surface area contributed by atoms with Crippen molar-refractivity contribution < 1.29 is 8.78 Å². The molecule has 1 saturated carbocycles. The highest BCUT2D eigenvalue weighted by Gasteiger charge is 2.49. The van der Waals surface area contributed by atoms with Crippen LogP contribution in [0.15, 0.2) is 11.3 Å². The van der Waals surface area contributed by atoms with Gasteiger partial charge in [0.25, 0.3) is 6.43 Å². The minimum absolute atomic E-state index is 0.254. The summed E-state index contributed by atoms with van der Waals surface area (Å²) in [6.07, 6.45) is -0.779. The lowest BCUT2D eigenvalue weighted by Gasteiger charge is -2.10. The molecule has 2 aliphatic carbocycles. The normalized spacial score (nSPS) is 30.8. The maximum Gasteiger partial charge on any atom is 0.280 e. The van der Waals surface area contributed by atoms with Gasteiger partial charge in [0.05, 0.1) is 0 Å². The van der Waals surface area contributed by atoms with Gasteiger partial charge in [-0.1, -0.05) is 0 Å². The van der Waals surface area contributed by atoms with E-state index in [4.69, 9.17) is 5.41 Å². The lowest BCUT2D eigenvalue weighted by atomic mass is 10.1. The van der Waals surface area contributed by atoms with E-state index in [-0.39, 0.29) is 5.92 Å². The van der Waals surface area contributed by atoms with Gasteiger partial charge in [-0.15, -0.1) is 0 Å². The SMILES string of the molecule is CNC1=C(C(=N)C(F)F)C2CC2C1. The second-order valence-corrected chi connectivity index (χ2v) is 3.66.